The number of hydrogen-bond donors (Lipinski definition) is 0. The molecule has 2 nitrogen and oxygen atoms in total. The quantitative estimate of drug-likeness (QED) is 0.760. The van der Waals surface area contributed by atoms with Crippen molar-refractivity contribution in [2.24, 2.45) is 0 Å². The lowest BCUT2D eigenvalue weighted by Gasteiger charge is -2.02. The molecule has 16 heavy (non-hydrogen) atoms. The highest BCUT2D eigenvalue weighted by Crippen LogP contribution is 2.17. The first kappa shape index (κ1) is 10.4. The van der Waals surface area contributed by atoms with Crippen molar-refractivity contribution >= 4 is 0 Å². The largest absolute Gasteiger partial charge is 0.237 e. The molecule has 0 saturated heterocycles. The van der Waals surface area contributed by atoms with Crippen molar-refractivity contribution in [2.75, 3.05) is 0 Å². The van der Waals surface area contributed by atoms with Crippen LogP contribution < -0.4 is 0 Å². The number of aryl methyl sites for hydroxylation is 1. The lowest BCUT2D eigenvalue weighted by molar-refractivity contribution is 1.14. The summed E-state index contributed by atoms with van der Waals surface area (Å²) in [7, 11) is 0. The first-order valence-corrected chi connectivity index (χ1v) is 5.30. The number of hydrogen-bond acceptors (Lipinski definition) is 2. The van der Waals surface area contributed by atoms with Crippen LogP contribution >= 0.6 is 0 Å². The lowest BCUT2D eigenvalue weighted by Crippen LogP contribution is -1.87. The minimum absolute atomic E-state index is 0.456. The van der Waals surface area contributed by atoms with Gasteiger partial charge in [-0.2, -0.15) is 5.26 Å². The van der Waals surface area contributed by atoms with Crippen LogP contribution in [0.1, 0.15) is 18.2 Å². The van der Waals surface area contributed by atoms with Gasteiger partial charge in [0.05, 0.1) is 5.69 Å². The number of aromatic nitrogens is 1. The molecule has 0 aliphatic carbocycles. The molecule has 0 bridgehead atoms. The lowest BCUT2D eigenvalue weighted by atomic mass is 10.1. The van der Waals surface area contributed by atoms with Gasteiger partial charge in [0.15, 0.2) is 0 Å². The van der Waals surface area contributed by atoms with E-state index in [1.165, 1.54) is 5.56 Å². The predicted octanol–water partition coefficient (Wildman–Crippen LogP) is 3.18. The Morgan fingerprint density at radius 2 is 1.88 bits per heavy atom. The van der Waals surface area contributed by atoms with Gasteiger partial charge < -0.3 is 0 Å². The summed E-state index contributed by atoms with van der Waals surface area (Å²) in [5.74, 6) is 0. The van der Waals surface area contributed by atoms with Crippen LogP contribution in [0, 0.1) is 11.3 Å². The molecule has 0 N–H and O–H groups in total. The van der Waals surface area contributed by atoms with Crippen molar-refractivity contribution in [2.45, 2.75) is 13.3 Å². The molecule has 2 aromatic rings. The molecule has 0 saturated carbocycles. The molecular weight excluding hydrogens is 196 g/mol. The van der Waals surface area contributed by atoms with E-state index in [4.69, 9.17) is 5.26 Å². The smallest absolute Gasteiger partial charge is 0.141 e. The van der Waals surface area contributed by atoms with E-state index in [0.717, 1.165) is 17.7 Å². The van der Waals surface area contributed by atoms with Gasteiger partial charge in [0.2, 0.25) is 0 Å². The number of benzene rings is 1. The SMILES string of the molecule is CCc1ccc(-c2cccc(C#N)n2)cc1. The summed E-state index contributed by atoms with van der Waals surface area (Å²) in [5, 5.41) is 8.78. The molecule has 2 heteroatoms. The number of nitriles is 1. The van der Waals surface area contributed by atoms with Gasteiger partial charge >= 0.3 is 0 Å². The molecule has 0 aliphatic heterocycles. The van der Waals surface area contributed by atoms with E-state index in [1.807, 2.05) is 30.3 Å². The molecule has 1 heterocycles. The van der Waals surface area contributed by atoms with Crippen molar-refractivity contribution in [1.29, 1.82) is 5.26 Å². The van der Waals surface area contributed by atoms with E-state index in [1.54, 1.807) is 6.07 Å². The molecule has 0 radical (unpaired) electrons. The Morgan fingerprint density at radius 1 is 1.12 bits per heavy atom. The van der Waals surface area contributed by atoms with Crippen molar-refractivity contribution < 1.29 is 0 Å². The third-order valence-corrected chi connectivity index (χ3v) is 2.52. The van der Waals surface area contributed by atoms with Gasteiger partial charge in [-0.05, 0) is 24.1 Å². The van der Waals surface area contributed by atoms with Crippen molar-refractivity contribution in [1.82, 2.24) is 4.98 Å². The highest BCUT2D eigenvalue weighted by atomic mass is 14.7. The van der Waals surface area contributed by atoms with Gasteiger partial charge in [0.25, 0.3) is 0 Å². The van der Waals surface area contributed by atoms with Crippen LogP contribution in [-0.2, 0) is 6.42 Å². The molecule has 2 rings (SSSR count). The zero-order valence-electron chi connectivity index (χ0n) is 9.14. The summed E-state index contributed by atoms with van der Waals surface area (Å²) in [6.45, 7) is 2.13. The van der Waals surface area contributed by atoms with Gasteiger partial charge in [-0.1, -0.05) is 37.3 Å². The monoisotopic (exact) mass is 208 g/mol. The Balaban J connectivity index is 2.39. The highest BCUT2D eigenvalue weighted by molar-refractivity contribution is 5.60. The van der Waals surface area contributed by atoms with E-state index in [2.05, 4.69) is 24.0 Å². The molecule has 1 aromatic heterocycles. The number of pyridine rings is 1. The summed E-state index contributed by atoms with van der Waals surface area (Å²) in [6.07, 6.45) is 1.03. The molecule has 0 spiro atoms. The Morgan fingerprint density at radius 3 is 2.50 bits per heavy atom. The Hall–Kier alpha value is -2.14. The molecule has 1 aromatic carbocycles. The molecule has 0 fully saturated rings. The molecule has 0 aliphatic rings. The molecule has 0 atom stereocenters. The number of nitrogens with zero attached hydrogens (tertiary/aromatic N) is 2. The summed E-state index contributed by atoms with van der Waals surface area (Å²) < 4.78 is 0. The van der Waals surface area contributed by atoms with Crippen LogP contribution in [0.2, 0.25) is 0 Å². The van der Waals surface area contributed by atoms with Gasteiger partial charge in [-0.25, -0.2) is 4.98 Å². The van der Waals surface area contributed by atoms with E-state index in [9.17, 15) is 0 Å². The van der Waals surface area contributed by atoms with Crippen molar-refractivity contribution in [3.05, 3.63) is 53.7 Å². The number of rotatable bonds is 2. The molecule has 78 valence electrons. The first-order chi connectivity index (χ1) is 7.83. The van der Waals surface area contributed by atoms with Crippen LogP contribution in [0.5, 0.6) is 0 Å². The maximum absolute atomic E-state index is 8.78. The summed E-state index contributed by atoms with van der Waals surface area (Å²) >= 11 is 0. The zero-order valence-corrected chi connectivity index (χ0v) is 9.14. The third kappa shape index (κ3) is 2.09. The van der Waals surface area contributed by atoms with Gasteiger partial charge in [-0.3, -0.25) is 0 Å². The fourth-order valence-electron chi connectivity index (χ4n) is 1.57. The van der Waals surface area contributed by atoms with Gasteiger partial charge in [0.1, 0.15) is 11.8 Å². The van der Waals surface area contributed by atoms with E-state index in [-0.39, 0.29) is 0 Å². The highest BCUT2D eigenvalue weighted by Gasteiger charge is 2.00. The van der Waals surface area contributed by atoms with E-state index >= 15 is 0 Å². The summed E-state index contributed by atoms with van der Waals surface area (Å²) in [4.78, 5) is 4.26. The maximum Gasteiger partial charge on any atom is 0.141 e. The standard InChI is InChI=1S/C14H12N2/c1-2-11-6-8-12(9-7-11)14-5-3-4-13(10-15)16-14/h3-9H,2H2,1H3. The minimum atomic E-state index is 0.456. The van der Waals surface area contributed by atoms with Crippen LogP contribution in [0.25, 0.3) is 11.3 Å². The minimum Gasteiger partial charge on any atom is -0.237 e. The predicted molar refractivity (Wildman–Crippen MR) is 63.8 cm³/mol. The normalized spacial score (nSPS) is 9.75. The van der Waals surface area contributed by atoms with Gasteiger partial charge in [0, 0.05) is 5.56 Å². The molecule has 0 amide bonds. The van der Waals surface area contributed by atoms with Crippen LogP contribution in [0.3, 0.4) is 0 Å². The fourth-order valence-corrected chi connectivity index (χ4v) is 1.57. The second kappa shape index (κ2) is 4.59. The van der Waals surface area contributed by atoms with E-state index in [0.29, 0.717) is 5.69 Å². The van der Waals surface area contributed by atoms with Gasteiger partial charge in [-0.15, -0.1) is 0 Å². The summed E-state index contributed by atoms with van der Waals surface area (Å²) in [6, 6.07) is 15.8. The Kier molecular flexibility index (Phi) is 2.98. The Labute approximate surface area is 95.2 Å². The second-order valence-corrected chi connectivity index (χ2v) is 3.57. The average molecular weight is 208 g/mol. The maximum atomic E-state index is 8.78. The Bertz CT molecular complexity index is 521. The van der Waals surface area contributed by atoms with Crippen molar-refractivity contribution in [3.63, 3.8) is 0 Å². The van der Waals surface area contributed by atoms with Crippen LogP contribution in [-0.4, -0.2) is 4.98 Å². The molecular formula is C14H12N2. The first-order valence-electron chi connectivity index (χ1n) is 5.30. The van der Waals surface area contributed by atoms with E-state index < -0.39 is 0 Å². The second-order valence-electron chi connectivity index (χ2n) is 3.57. The topological polar surface area (TPSA) is 36.7 Å². The fraction of sp³-hybridized carbons (Fsp3) is 0.143. The average Bonchev–Trinajstić information content (AvgIpc) is 2.39. The van der Waals surface area contributed by atoms with Crippen LogP contribution in [0.4, 0.5) is 0 Å². The zero-order chi connectivity index (χ0) is 11.4. The summed E-state index contributed by atoms with van der Waals surface area (Å²) in [5.41, 5.74) is 3.66. The third-order valence-electron chi connectivity index (χ3n) is 2.52. The molecule has 0 unspecified atom stereocenters. The van der Waals surface area contributed by atoms with Crippen molar-refractivity contribution in [3.8, 4) is 17.3 Å². The van der Waals surface area contributed by atoms with Crippen LogP contribution in [0.15, 0.2) is 42.5 Å².